The second kappa shape index (κ2) is 8.44. The van der Waals surface area contributed by atoms with Crippen molar-refractivity contribution in [2.75, 3.05) is 5.32 Å². The predicted octanol–water partition coefficient (Wildman–Crippen LogP) is 4.26. The number of carbonyl (C=O) groups excluding carboxylic acids is 1. The maximum absolute atomic E-state index is 12.0. The van der Waals surface area contributed by atoms with Gasteiger partial charge in [-0.2, -0.15) is 0 Å². The van der Waals surface area contributed by atoms with Gasteiger partial charge in [0.05, 0.1) is 6.42 Å². The second-order valence-electron chi connectivity index (χ2n) is 5.56. The molecule has 4 heteroatoms. The zero-order valence-corrected chi connectivity index (χ0v) is 14.3. The van der Waals surface area contributed by atoms with Gasteiger partial charge in [-0.25, -0.2) is 0 Å². The molecule has 120 valence electrons. The predicted molar refractivity (Wildman–Crippen MR) is 99.7 cm³/mol. The van der Waals surface area contributed by atoms with Crippen LogP contribution in [0.25, 0.3) is 0 Å². The Labute approximate surface area is 143 Å². The van der Waals surface area contributed by atoms with Gasteiger partial charge in [0.2, 0.25) is 5.91 Å². The van der Waals surface area contributed by atoms with Crippen LogP contribution in [0, 0.1) is 0 Å². The Morgan fingerprint density at radius 1 is 1.09 bits per heavy atom. The molecule has 0 aliphatic heterocycles. The first-order chi connectivity index (χ1) is 11.1. The highest BCUT2D eigenvalue weighted by molar-refractivity contribution is 7.80. The van der Waals surface area contributed by atoms with Crippen molar-refractivity contribution >= 4 is 28.9 Å². The average molecular weight is 326 g/mol. The van der Waals surface area contributed by atoms with Gasteiger partial charge in [0.25, 0.3) is 0 Å². The summed E-state index contributed by atoms with van der Waals surface area (Å²) < 4.78 is 0. The maximum Gasteiger partial charge on any atom is 0.230 e. The highest BCUT2D eigenvalue weighted by Crippen LogP contribution is 2.26. The molecule has 3 nitrogen and oxygen atoms in total. The zero-order valence-electron chi connectivity index (χ0n) is 13.5. The fourth-order valence-corrected chi connectivity index (χ4v) is 2.59. The van der Waals surface area contributed by atoms with Gasteiger partial charge in [-0.15, -0.1) is 0 Å². The van der Waals surface area contributed by atoms with Crippen LogP contribution in [0.15, 0.2) is 54.6 Å². The standard InChI is InChI=1S/C19H22N2OS/c1-3-14(2)16-11-7-8-12-17(16)20-19(23)21-18(22)13-15-9-5-4-6-10-15/h4-12,14H,3,13H2,1-2H3,(H2,20,21,22,23)/t14-/m0/s1. The number of nitrogens with one attached hydrogen (secondary N) is 2. The third-order valence-electron chi connectivity index (χ3n) is 3.81. The summed E-state index contributed by atoms with van der Waals surface area (Å²) in [5.41, 5.74) is 3.12. The number of benzene rings is 2. The van der Waals surface area contributed by atoms with Crippen molar-refractivity contribution in [3.63, 3.8) is 0 Å². The largest absolute Gasteiger partial charge is 0.332 e. The van der Waals surface area contributed by atoms with Crippen molar-refractivity contribution in [1.29, 1.82) is 0 Å². The molecule has 0 spiro atoms. The van der Waals surface area contributed by atoms with Crippen molar-refractivity contribution in [1.82, 2.24) is 5.32 Å². The lowest BCUT2D eigenvalue weighted by Crippen LogP contribution is -2.35. The highest BCUT2D eigenvalue weighted by Gasteiger charge is 2.11. The van der Waals surface area contributed by atoms with E-state index in [4.69, 9.17) is 12.2 Å². The summed E-state index contributed by atoms with van der Waals surface area (Å²) in [5, 5.41) is 6.22. The number of hydrogen-bond acceptors (Lipinski definition) is 2. The zero-order chi connectivity index (χ0) is 16.7. The van der Waals surface area contributed by atoms with Gasteiger partial charge in [0.1, 0.15) is 0 Å². The van der Waals surface area contributed by atoms with Crippen LogP contribution in [0.4, 0.5) is 5.69 Å². The van der Waals surface area contributed by atoms with E-state index in [0.29, 0.717) is 17.5 Å². The molecule has 0 saturated heterocycles. The van der Waals surface area contributed by atoms with Crippen LogP contribution in [-0.4, -0.2) is 11.0 Å². The summed E-state index contributed by atoms with van der Waals surface area (Å²) >= 11 is 5.27. The van der Waals surface area contributed by atoms with Crippen molar-refractivity contribution in [2.24, 2.45) is 0 Å². The van der Waals surface area contributed by atoms with E-state index >= 15 is 0 Å². The van der Waals surface area contributed by atoms with E-state index < -0.39 is 0 Å². The summed E-state index contributed by atoms with van der Waals surface area (Å²) in [5.74, 6) is 0.316. The number of para-hydroxylation sites is 1. The molecule has 0 heterocycles. The summed E-state index contributed by atoms with van der Waals surface area (Å²) in [6, 6.07) is 17.7. The third-order valence-corrected chi connectivity index (χ3v) is 4.02. The van der Waals surface area contributed by atoms with E-state index in [-0.39, 0.29) is 5.91 Å². The molecule has 0 aliphatic carbocycles. The van der Waals surface area contributed by atoms with E-state index in [0.717, 1.165) is 17.7 Å². The van der Waals surface area contributed by atoms with Crippen LogP contribution in [0.3, 0.4) is 0 Å². The Hall–Kier alpha value is -2.20. The third kappa shape index (κ3) is 5.18. The normalized spacial score (nSPS) is 11.6. The van der Waals surface area contributed by atoms with E-state index in [1.807, 2.05) is 48.5 Å². The van der Waals surface area contributed by atoms with Gasteiger partial charge in [0.15, 0.2) is 5.11 Å². The van der Waals surface area contributed by atoms with Crippen molar-refractivity contribution < 1.29 is 4.79 Å². The molecule has 1 atom stereocenters. The Morgan fingerprint density at radius 3 is 2.43 bits per heavy atom. The summed E-state index contributed by atoms with van der Waals surface area (Å²) in [6.45, 7) is 4.33. The van der Waals surface area contributed by atoms with Crippen LogP contribution in [0.2, 0.25) is 0 Å². The van der Waals surface area contributed by atoms with E-state index in [9.17, 15) is 4.79 Å². The van der Waals surface area contributed by atoms with Gasteiger partial charge in [-0.3, -0.25) is 4.79 Å². The molecule has 2 aromatic carbocycles. The quantitative estimate of drug-likeness (QED) is 0.807. The summed E-state index contributed by atoms with van der Waals surface area (Å²) in [7, 11) is 0. The minimum Gasteiger partial charge on any atom is -0.332 e. The number of rotatable bonds is 5. The highest BCUT2D eigenvalue weighted by atomic mass is 32.1. The topological polar surface area (TPSA) is 41.1 Å². The van der Waals surface area contributed by atoms with Crippen LogP contribution >= 0.6 is 12.2 Å². The van der Waals surface area contributed by atoms with Crippen molar-refractivity contribution in [3.8, 4) is 0 Å². The number of carbonyl (C=O) groups is 1. The molecule has 1 amide bonds. The molecular formula is C19H22N2OS. The van der Waals surface area contributed by atoms with Gasteiger partial charge >= 0.3 is 0 Å². The van der Waals surface area contributed by atoms with Gasteiger partial charge in [-0.05, 0) is 41.7 Å². The van der Waals surface area contributed by atoms with Crippen LogP contribution in [-0.2, 0) is 11.2 Å². The Kier molecular flexibility index (Phi) is 6.29. The number of amides is 1. The minimum atomic E-state index is -0.116. The van der Waals surface area contributed by atoms with Crippen LogP contribution in [0.1, 0.15) is 37.3 Å². The first-order valence-electron chi connectivity index (χ1n) is 7.83. The molecular weight excluding hydrogens is 304 g/mol. The minimum absolute atomic E-state index is 0.116. The number of anilines is 1. The molecule has 0 fully saturated rings. The monoisotopic (exact) mass is 326 g/mol. The molecule has 0 aromatic heterocycles. The van der Waals surface area contributed by atoms with Gasteiger partial charge < -0.3 is 10.6 Å². The molecule has 2 aromatic rings. The van der Waals surface area contributed by atoms with Gasteiger partial charge in [-0.1, -0.05) is 62.4 Å². The molecule has 0 aliphatic rings. The molecule has 0 saturated carbocycles. The first-order valence-corrected chi connectivity index (χ1v) is 8.24. The smallest absolute Gasteiger partial charge is 0.230 e. The van der Waals surface area contributed by atoms with Gasteiger partial charge in [0, 0.05) is 5.69 Å². The number of thiocarbonyl (C=S) groups is 1. The molecule has 0 unspecified atom stereocenters. The summed E-state index contributed by atoms with van der Waals surface area (Å²) in [4.78, 5) is 12.0. The van der Waals surface area contributed by atoms with Crippen LogP contribution < -0.4 is 10.6 Å². The van der Waals surface area contributed by atoms with E-state index in [2.05, 4.69) is 30.5 Å². The second-order valence-corrected chi connectivity index (χ2v) is 5.97. The van der Waals surface area contributed by atoms with Crippen LogP contribution in [0.5, 0.6) is 0 Å². The first kappa shape index (κ1) is 17.2. The lowest BCUT2D eigenvalue weighted by atomic mass is 9.97. The lowest BCUT2D eigenvalue weighted by Gasteiger charge is -2.17. The maximum atomic E-state index is 12.0. The Balaban J connectivity index is 1.96. The fourth-order valence-electron chi connectivity index (χ4n) is 2.37. The summed E-state index contributed by atoms with van der Waals surface area (Å²) in [6.07, 6.45) is 1.36. The molecule has 2 rings (SSSR count). The lowest BCUT2D eigenvalue weighted by molar-refractivity contribution is -0.119. The fraction of sp³-hybridized carbons (Fsp3) is 0.263. The molecule has 23 heavy (non-hydrogen) atoms. The average Bonchev–Trinajstić information content (AvgIpc) is 2.55. The Bertz CT molecular complexity index is 670. The van der Waals surface area contributed by atoms with E-state index in [1.165, 1.54) is 5.56 Å². The molecule has 0 radical (unpaired) electrons. The SMILES string of the molecule is CC[C@H](C)c1ccccc1NC(=S)NC(=O)Cc1ccccc1. The Morgan fingerprint density at radius 2 is 1.74 bits per heavy atom. The van der Waals surface area contributed by atoms with Crippen molar-refractivity contribution in [2.45, 2.75) is 32.6 Å². The van der Waals surface area contributed by atoms with E-state index in [1.54, 1.807) is 0 Å². The van der Waals surface area contributed by atoms with Crippen molar-refractivity contribution in [3.05, 3.63) is 65.7 Å². The number of hydrogen-bond donors (Lipinski definition) is 2. The molecule has 2 N–H and O–H groups in total. The molecule has 0 bridgehead atoms.